The average molecular weight is 496 g/mol. The fraction of sp³-hybridized carbons (Fsp3) is 0.259. The Labute approximate surface area is 210 Å². The largest absolute Gasteiger partial charge is 0.493 e. The number of ether oxygens (including phenoxy) is 2. The van der Waals surface area contributed by atoms with Crippen LogP contribution in [0.15, 0.2) is 60.7 Å². The summed E-state index contributed by atoms with van der Waals surface area (Å²) in [6.45, 7) is 5.96. The number of aryl methyl sites for hydroxylation is 1. The second-order valence-corrected chi connectivity index (χ2v) is 8.79. The molecule has 0 unspecified atom stereocenters. The molecular formula is C27H30ClN3O4. The van der Waals surface area contributed by atoms with Crippen molar-refractivity contribution in [2.24, 2.45) is 5.92 Å². The third-order valence-corrected chi connectivity index (χ3v) is 5.43. The molecule has 0 saturated carbocycles. The van der Waals surface area contributed by atoms with Crippen molar-refractivity contribution < 1.29 is 19.1 Å². The van der Waals surface area contributed by atoms with Crippen LogP contribution in [0.25, 0.3) is 0 Å². The second-order valence-electron chi connectivity index (χ2n) is 8.39. The molecule has 7 nitrogen and oxygen atoms in total. The molecule has 0 aliphatic carbocycles. The molecule has 2 amide bonds. The Kier molecular flexibility index (Phi) is 8.98. The van der Waals surface area contributed by atoms with Gasteiger partial charge in [0, 0.05) is 29.5 Å². The van der Waals surface area contributed by atoms with E-state index in [2.05, 4.69) is 16.0 Å². The molecule has 3 aromatic carbocycles. The van der Waals surface area contributed by atoms with Crippen molar-refractivity contribution in [3.05, 3.63) is 76.8 Å². The van der Waals surface area contributed by atoms with Crippen LogP contribution in [0, 0.1) is 12.8 Å². The van der Waals surface area contributed by atoms with Crippen LogP contribution in [0.1, 0.15) is 25.0 Å². The van der Waals surface area contributed by atoms with E-state index in [1.807, 2.05) is 75.4 Å². The van der Waals surface area contributed by atoms with Gasteiger partial charge >= 0.3 is 0 Å². The van der Waals surface area contributed by atoms with Crippen LogP contribution in [0.2, 0.25) is 5.02 Å². The third kappa shape index (κ3) is 7.65. The first-order chi connectivity index (χ1) is 16.7. The molecule has 184 valence electrons. The lowest BCUT2D eigenvalue weighted by Crippen LogP contribution is -2.20. The van der Waals surface area contributed by atoms with Crippen LogP contribution in [0.5, 0.6) is 11.5 Å². The fourth-order valence-electron chi connectivity index (χ4n) is 3.15. The summed E-state index contributed by atoms with van der Waals surface area (Å²) in [6.07, 6.45) is 0. The van der Waals surface area contributed by atoms with Gasteiger partial charge in [-0.1, -0.05) is 43.1 Å². The van der Waals surface area contributed by atoms with Crippen molar-refractivity contribution in [1.82, 2.24) is 0 Å². The number of methoxy groups -OCH3 is 1. The highest BCUT2D eigenvalue weighted by Crippen LogP contribution is 2.36. The first-order valence-corrected chi connectivity index (χ1v) is 11.6. The standard InChI is InChI=1S/C27H30ClN3O4/c1-17(2)27(33)31-22-11-9-20(10-12-22)29-15-19-13-23(28)26(24(14-19)34-4)35-16-25(32)30-21-7-5-18(3)6-8-21/h5-14,17,29H,15-16H2,1-4H3,(H,30,32)(H,31,33). The monoisotopic (exact) mass is 495 g/mol. The minimum Gasteiger partial charge on any atom is -0.493 e. The maximum atomic E-state index is 12.3. The quantitative estimate of drug-likeness (QED) is 0.327. The van der Waals surface area contributed by atoms with Gasteiger partial charge in [0.2, 0.25) is 5.91 Å². The van der Waals surface area contributed by atoms with Crippen molar-refractivity contribution in [3.8, 4) is 11.5 Å². The lowest BCUT2D eigenvalue weighted by Gasteiger charge is -2.15. The first-order valence-electron chi connectivity index (χ1n) is 11.3. The highest BCUT2D eigenvalue weighted by molar-refractivity contribution is 6.32. The number of carbonyl (C=O) groups is 2. The highest BCUT2D eigenvalue weighted by atomic mass is 35.5. The summed E-state index contributed by atoms with van der Waals surface area (Å²) >= 11 is 6.45. The number of hydrogen-bond acceptors (Lipinski definition) is 5. The molecule has 0 aromatic heterocycles. The van der Waals surface area contributed by atoms with Gasteiger partial charge in [0.1, 0.15) is 0 Å². The van der Waals surface area contributed by atoms with E-state index in [1.54, 1.807) is 6.07 Å². The van der Waals surface area contributed by atoms with Gasteiger partial charge in [-0.2, -0.15) is 0 Å². The topological polar surface area (TPSA) is 88.7 Å². The normalized spacial score (nSPS) is 10.6. The van der Waals surface area contributed by atoms with Gasteiger partial charge in [-0.15, -0.1) is 0 Å². The van der Waals surface area contributed by atoms with Crippen LogP contribution in [0.3, 0.4) is 0 Å². The van der Waals surface area contributed by atoms with Crippen LogP contribution in [-0.2, 0) is 16.1 Å². The Hall–Kier alpha value is -3.71. The van der Waals surface area contributed by atoms with E-state index < -0.39 is 0 Å². The van der Waals surface area contributed by atoms with E-state index in [0.717, 1.165) is 22.5 Å². The summed E-state index contributed by atoms with van der Waals surface area (Å²) in [5.41, 5.74) is 4.31. The molecule has 35 heavy (non-hydrogen) atoms. The van der Waals surface area contributed by atoms with Crippen LogP contribution in [-0.4, -0.2) is 25.5 Å². The van der Waals surface area contributed by atoms with Crippen molar-refractivity contribution in [2.45, 2.75) is 27.3 Å². The Morgan fingerprint density at radius 3 is 2.14 bits per heavy atom. The van der Waals surface area contributed by atoms with Gasteiger partial charge in [0.15, 0.2) is 18.1 Å². The van der Waals surface area contributed by atoms with E-state index >= 15 is 0 Å². The van der Waals surface area contributed by atoms with Gasteiger partial charge in [0.05, 0.1) is 12.1 Å². The number of anilines is 3. The lowest BCUT2D eigenvalue weighted by molar-refractivity contribution is -0.119. The van der Waals surface area contributed by atoms with E-state index in [0.29, 0.717) is 28.8 Å². The van der Waals surface area contributed by atoms with E-state index in [9.17, 15) is 9.59 Å². The Morgan fingerprint density at radius 1 is 0.914 bits per heavy atom. The zero-order chi connectivity index (χ0) is 25.4. The van der Waals surface area contributed by atoms with Gasteiger partial charge < -0.3 is 25.4 Å². The Morgan fingerprint density at radius 2 is 1.51 bits per heavy atom. The molecule has 8 heteroatoms. The fourth-order valence-corrected chi connectivity index (χ4v) is 3.44. The molecule has 0 heterocycles. The summed E-state index contributed by atoms with van der Waals surface area (Å²) in [4.78, 5) is 24.1. The Balaban J connectivity index is 1.58. The van der Waals surface area contributed by atoms with Crippen LogP contribution < -0.4 is 25.4 Å². The number of amides is 2. The number of carbonyl (C=O) groups excluding carboxylic acids is 2. The van der Waals surface area contributed by atoms with Gasteiger partial charge in [0.25, 0.3) is 5.91 Å². The maximum Gasteiger partial charge on any atom is 0.262 e. The highest BCUT2D eigenvalue weighted by Gasteiger charge is 2.14. The number of halogens is 1. The second kappa shape index (κ2) is 12.1. The van der Waals surface area contributed by atoms with Crippen molar-refractivity contribution in [3.63, 3.8) is 0 Å². The SMILES string of the molecule is COc1cc(CNc2ccc(NC(=O)C(C)C)cc2)cc(Cl)c1OCC(=O)Nc1ccc(C)cc1. The molecule has 0 saturated heterocycles. The maximum absolute atomic E-state index is 12.3. The zero-order valence-corrected chi connectivity index (χ0v) is 21.0. The molecule has 3 aromatic rings. The van der Waals surface area contributed by atoms with E-state index in [-0.39, 0.29) is 24.3 Å². The summed E-state index contributed by atoms with van der Waals surface area (Å²) < 4.78 is 11.1. The van der Waals surface area contributed by atoms with Crippen LogP contribution in [0.4, 0.5) is 17.1 Å². The minimum absolute atomic E-state index is 0.0256. The number of rotatable bonds is 10. The molecular weight excluding hydrogens is 466 g/mol. The Bertz CT molecular complexity index is 1160. The molecule has 3 rings (SSSR count). The van der Waals surface area contributed by atoms with Crippen molar-refractivity contribution in [1.29, 1.82) is 0 Å². The average Bonchev–Trinajstić information content (AvgIpc) is 2.84. The van der Waals surface area contributed by atoms with E-state index in [4.69, 9.17) is 21.1 Å². The zero-order valence-electron chi connectivity index (χ0n) is 20.3. The molecule has 0 atom stereocenters. The minimum atomic E-state index is -0.300. The number of hydrogen-bond donors (Lipinski definition) is 3. The molecule has 0 spiro atoms. The summed E-state index contributed by atoms with van der Waals surface area (Å²) in [6, 6.07) is 18.5. The predicted octanol–water partition coefficient (Wildman–Crippen LogP) is 5.88. The molecule has 3 N–H and O–H groups in total. The van der Waals surface area contributed by atoms with Gasteiger partial charge in [-0.3, -0.25) is 9.59 Å². The summed E-state index contributed by atoms with van der Waals surface area (Å²) in [5, 5.41) is 9.30. The molecule has 0 fully saturated rings. The molecule has 0 radical (unpaired) electrons. The summed E-state index contributed by atoms with van der Waals surface area (Å²) in [7, 11) is 1.52. The number of nitrogens with one attached hydrogen (secondary N) is 3. The van der Waals surface area contributed by atoms with Crippen LogP contribution >= 0.6 is 11.6 Å². The smallest absolute Gasteiger partial charge is 0.262 e. The lowest BCUT2D eigenvalue weighted by atomic mass is 10.2. The third-order valence-electron chi connectivity index (χ3n) is 5.15. The van der Waals surface area contributed by atoms with Gasteiger partial charge in [-0.05, 0) is 61.0 Å². The van der Waals surface area contributed by atoms with Crippen molar-refractivity contribution in [2.75, 3.05) is 29.7 Å². The summed E-state index contributed by atoms with van der Waals surface area (Å²) in [5.74, 6) is 0.335. The van der Waals surface area contributed by atoms with Crippen molar-refractivity contribution >= 4 is 40.5 Å². The van der Waals surface area contributed by atoms with Gasteiger partial charge in [-0.25, -0.2) is 0 Å². The first kappa shape index (κ1) is 25.9. The predicted molar refractivity (Wildman–Crippen MR) is 141 cm³/mol. The number of benzene rings is 3. The molecule has 0 bridgehead atoms. The van der Waals surface area contributed by atoms with E-state index in [1.165, 1.54) is 7.11 Å². The molecule has 0 aliphatic heterocycles. The molecule has 0 aliphatic rings.